The van der Waals surface area contributed by atoms with E-state index in [1.807, 2.05) is 26.8 Å². The van der Waals surface area contributed by atoms with E-state index in [1.165, 1.54) is 11.3 Å². The number of carbonyl (C=O) groups is 2. The van der Waals surface area contributed by atoms with Gasteiger partial charge in [0.1, 0.15) is 5.60 Å². The topological polar surface area (TPSA) is 55.4 Å². The lowest BCUT2D eigenvalue weighted by atomic mass is 10.2. The fourth-order valence-electron chi connectivity index (χ4n) is 1.17. The molecule has 1 amide bonds. The molecule has 0 unspecified atom stereocenters. The van der Waals surface area contributed by atoms with Gasteiger partial charge in [-0.3, -0.25) is 4.79 Å². The van der Waals surface area contributed by atoms with Crippen LogP contribution in [0.15, 0.2) is 12.1 Å². The number of ether oxygens (including phenoxy) is 1. The van der Waals surface area contributed by atoms with Crippen molar-refractivity contribution >= 4 is 23.7 Å². The van der Waals surface area contributed by atoms with E-state index in [0.29, 0.717) is 17.8 Å². The maximum absolute atomic E-state index is 11.3. The molecule has 0 spiro atoms. The lowest BCUT2D eigenvalue weighted by Gasteiger charge is -2.19. The number of thiophene rings is 1. The van der Waals surface area contributed by atoms with E-state index in [9.17, 15) is 9.59 Å². The molecule has 1 aromatic heterocycles. The molecular weight excluding hydrogens is 262 g/mol. The first-order chi connectivity index (χ1) is 8.90. The number of alkyl carbamates (subject to hydrolysis) is 1. The van der Waals surface area contributed by atoms with Crippen molar-refractivity contribution in [3.63, 3.8) is 0 Å². The fraction of sp³-hybridized carbons (Fsp3) is 0.429. The zero-order chi connectivity index (χ0) is 14.3. The Morgan fingerprint density at radius 3 is 2.79 bits per heavy atom. The van der Waals surface area contributed by atoms with Crippen LogP contribution in [-0.2, 0) is 4.74 Å². The predicted molar refractivity (Wildman–Crippen MR) is 75.4 cm³/mol. The Kier molecular flexibility index (Phi) is 5.58. The zero-order valence-corrected chi connectivity index (χ0v) is 12.1. The minimum atomic E-state index is -0.488. The number of nitrogens with one attached hydrogen (secondary N) is 1. The largest absolute Gasteiger partial charge is 0.444 e. The van der Waals surface area contributed by atoms with E-state index in [-0.39, 0.29) is 0 Å². The van der Waals surface area contributed by atoms with Gasteiger partial charge in [-0.1, -0.05) is 11.8 Å². The third-order valence-corrected chi connectivity index (χ3v) is 2.80. The van der Waals surface area contributed by atoms with Crippen molar-refractivity contribution in [2.24, 2.45) is 0 Å². The summed E-state index contributed by atoms with van der Waals surface area (Å²) < 4.78 is 5.09. The smallest absolute Gasteiger partial charge is 0.407 e. The van der Waals surface area contributed by atoms with Crippen molar-refractivity contribution in [1.29, 1.82) is 0 Å². The Morgan fingerprint density at radius 2 is 2.21 bits per heavy atom. The Hall–Kier alpha value is -1.80. The molecule has 0 fully saturated rings. The number of aldehydes is 1. The molecule has 1 heterocycles. The average molecular weight is 279 g/mol. The average Bonchev–Trinajstić information content (AvgIpc) is 2.74. The van der Waals surface area contributed by atoms with Gasteiger partial charge in [0, 0.05) is 13.0 Å². The first kappa shape index (κ1) is 15.3. The van der Waals surface area contributed by atoms with Crippen LogP contribution in [0.2, 0.25) is 0 Å². The summed E-state index contributed by atoms with van der Waals surface area (Å²) in [5.74, 6) is 5.87. The van der Waals surface area contributed by atoms with Crippen LogP contribution in [0.25, 0.3) is 0 Å². The second-order valence-corrected chi connectivity index (χ2v) is 5.92. The quantitative estimate of drug-likeness (QED) is 0.526. The van der Waals surface area contributed by atoms with Crippen LogP contribution in [0.1, 0.15) is 41.7 Å². The van der Waals surface area contributed by atoms with Crippen LogP contribution in [0.3, 0.4) is 0 Å². The molecule has 0 aliphatic rings. The van der Waals surface area contributed by atoms with Gasteiger partial charge < -0.3 is 10.1 Å². The summed E-state index contributed by atoms with van der Waals surface area (Å²) in [5, 5.41) is 2.63. The molecule has 0 saturated heterocycles. The third-order valence-electron chi connectivity index (χ3n) is 1.87. The maximum Gasteiger partial charge on any atom is 0.407 e. The van der Waals surface area contributed by atoms with Gasteiger partial charge in [0.25, 0.3) is 0 Å². The van der Waals surface area contributed by atoms with Crippen LogP contribution in [0.5, 0.6) is 0 Å². The summed E-state index contributed by atoms with van der Waals surface area (Å²) in [6, 6.07) is 3.54. The molecule has 1 rings (SSSR count). The first-order valence-electron chi connectivity index (χ1n) is 5.91. The monoisotopic (exact) mass is 279 g/mol. The first-order valence-corrected chi connectivity index (χ1v) is 6.73. The summed E-state index contributed by atoms with van der Waals surface area (Å²) in [6.45, 7) is 5.88. The molecule has 102 valence electrons. The fourth-order valence-corrected chi connectivity index (χ4v) is 1.87. The van der Waals surface area contributed by atoms with Crippen LogP contribution in [-0.4, -0.2) is 24.5 Å². The zero-order valence-electron chi connectivity index (χ0n) is 11.3. The molecule has 0 radical (unpaired) electrons. The van der Waals surface area contributed by atoms with Crippen molar-refractivity contribution in [2.45, 2.75) is 32.8 Å². The molecule has 0 aliphatic carbocycles. The van der Waals surface area contributed by atoms with E-state index in [0.717, 1.165) is 11.2 Å². The molecule has 4 nitrogen and oxygen atoms in total. The van der Waals surface area contributed by atoms with E-state index in [4.69, 9.17) is 4.74 Å². The molecule has 19 heavy (non-hydrogen) atoms. The van der Waals surface area contributed by atoms with E-state index < -0.39 is 11.7 Å². The Balaban J connectivity index is 2.28. The molecule has 0 bridgehead atoms. The number of carbonyl (C=O) groups excluding carboxylic acids is 2. The van der Waals surface area contributed by atoms with Crippen molar-refractivity contribution in [3.05, 3.63) is 21.9 Å². The molecule has 0 atom stereocenters. The number of amides is 1. The van der Waals surface area contributed by atoms with Crippen LogP contribution < -0.4 is 5.32 Å². The molecule has 5 heteroatoms. The van der Waals surface area contributed by atoms with Gasteiger partial charge in [-0.15, -0.1) is 11.3 Å². The van der Waals surface area contributed by atoms with Crippen LogP contribution in [0.4, 0.5) is 4.79 Å². The van der Waals surface area contributed by atoms with Crippen LogP contribution >= 0.6 is 11.3 Å². The summed E-state index contributed by atoms with van der Waals surface area (Å²) in [4.78, 5) is 23.3. The van der Waals surface area contributed by atoms with Crippen molar-refractivity contribution in [3.8, 4) is 11.8 Å². The second-order valence-electron chi connectivity index (χ2n) is 4.80. The molecule has 0 saturated carbocycles. The molecular formula is C14H17NO3S. The Bertz CT molecular complexity index is 503. The van der Waals surface area contributed by atoms with E-state index >= 15 is 0 Å². The highest BCUT2D eigenvalue weighted by atomic mass is 32.1. The summed E-state index contributed by atoms with van der Waals surface area (Å²) >= 11 is 1.35. The third kappa shape index (κ3) is 6.63. The summed E-state index contributed by atoms with van der Waals surface area (Å²) in [6.07, 6.45) is 0.904. The van der Waals surface area contributed by atoms with E-state index in [1.54, 1.807) is 6.07 Å². The lowest BCUT2D eigenvalue weighted by Crippen LogP contribution is -2.32. The normalized spacial score (nSPS) is 10.3. The van der Waals surface area contributed by atoms with Crippen molar-refractivity contribution in [1.82, 2.24) is 5.32 Å². The van der Waals surface area contributed by atoms with Crippen LogP contribution in [0, 0.1) is 11.8 Å². The van der Waals surface area contributed by atoms with Gasteiger partial charge in [0.15, 0.2) is 6.29 Å². The predicted octanol–water partition coefficient (Wildman–Crippen LogP) is 2.83. The number of rotatable bonds is 3. The highest BCUT2D eigenvalue weighted by Gasteiger charge is 2.15. The molecule has 0 aliphatic heterocycles. The molecule has 1 aromatic rings. The summed E-state index contributed by atoms with van der Waals surface area (Å²) in [7, 11) is 0. The molecule has 1 N–H and O–H groups in total. The minimum Gasteiger partial charge on any atom is -0.444 e. The van der Waals surface area contributed by atoms with Gasteiger partial charge in [0.2, 0.25) is 0 Å². The number of hydrogen-bond donors (Lipinski definition) is 1. The van der Waals surface area contributed by atoms with Gasteiger partial charge in [-0.05, 0) is 32.9 Å². The van der Waals surface area contributed by atoms with Gasteiger partial charge in [0.05, 0.1) is 9.75 Å². The number of hydrogen-bond acceptors (Lipinski definition) is 4. The lowest BCUT2D eigenvalue weighted by molar-refractivity contribution is 0.0529. The standard InChI is InChI=1S/C14H17NO3S/c1-14(2,3)18-13(17)15-9-5-4-6-11-7-8-12(10-16)19-11/h7-8,10H,5,9H2,1-3H3,(H,15,17). The Morgan fingerprint density at radius 1 is 1.47 bits per heavy atom. The van der Waals surface area contributed by atoms with E-state index in [2.05, 4.69) is 17.2 Å². The highest BCUT2D eigenvalue weighted by molar-refractivity contribution is 7.14. The van der Waals surface area contributed by atoms with Crippen molar-refractivity contribution < 1.29 is 14.3 Å². The van der Waals surface area contributed by atoms with Gasteiger partial charge in [-0.25, -0.2) is 4.79 Å². The van der Waals surface area contributed by atoms with Gasteiger partial charge >= 0.3 is 6.09 Å². The minimum absolute atomic E-state index is 0.436. The van der Waals surface area contributed by atoms with Gasteiger partial charge in [-0.2, -0.15) is 0 Å². The Labute approximate surface area is 117 Å². The maximum atomic E-state index is 11.3. The summed E-state index contributed by atoms with van der Waals surface area (Å²) in [5.41, 5.74) is -0.488. The second kappa shape index (κ2) is 6.95. The molecule has 0 aromatic carbocycles. The SMILES string of the molecule is CC(C)(C)OC(=O)NCCC#Cc1ccc(C=O)s1. The van der Waals surface area contributed by atoms with Crippen molar-refractivity contribution in [2.75, 3.05) is 6.54 Å². The highest BCUT2D eigenvalue weighted by Crippen LogP contribution is 2.12.